The average Bonchev–Trinajstić information content (AvgIpc) is 2.63. The molecule has 0 fully saturated rings. The molecule has 2 aromatic rings. The van der Waals surface area contributed by atoms with E-state index in [1.165, 1.54) is 5.56 Å². The smallest absolute Gasteiger partial charge is 0.0718 e. The molecule has 0 spiro atoms. The minimum Gasteiger partial charge on any atom is -0.378 e. The zero-order valence-corrected chi connectivity index (χ0v) is 10.9. The number of hydrogen-bond donors (Lipinski definition) is 1. The molecule has 2 heterocycles. The van der Waals surface area contributed by atoms with Gasteiger partial charge in [0, 0.05) is 12.7 Å². The van der Waals surface area contributed by atoms with E-state index in [1.807, 2.05) is 0 Å². The van der Waals surface area contributed by atoms with Crippen LogP contribution in [0.4, 0.5) is 5.69 Å². The molecule has 1 N–H and O–H groups in total. The van der Waals surface area contributed by atoms with Gasteiger partial charge < -0.3 is 5.32 Å². The first kappa shape index (κ1) is 10.9. The summed E-state index contributed by atoms with van der Waals surface area (Å²) in [6.07, 6.45) is 3.40. The van der Waals surface area contributed by atoms with Gasteiger partial charge in [0.1, 0.15) is 0 Å². The van der Waals surface area contributed by atoms with Crippen LogP contribution in [0.2, 0.25) is 5.02 Å². The lowest BCUT2D eigenvalue weighted by molar-refractivity contribution is 1.15. The lowest BCUT2D eigenvalue weighted by atomic mass is 10.3. The maximum Gasteiger partial charge on any atom is 0.0718 e. The SMILES string of the molecule is Clc1ccncc1NCc1csc(Br)c1. The minimum atomic E-state index is 0.694. The fraction of sp³-hybridized carbons (Fsp3) is 0.100. The molecule has 0 aromatic carbocycles. The monoisotopic (exact) mass is 302 g/mol. The average molecular weight is 304 g/mol. The molecule has 0 aliphatic rings. The van der Waals surface area contributed by atoms with Gasteiger partial charge in [-0.05, 0) is 39.0 Å². The largest absolute Gasteiger partial charge is 0.378 e. The molecular formula is C10H8BrClN2S. The molecule has 0 saturated carbocycles. The Balaban J connectivity index is 2.02. The molecule has 0 aliphatic heterocycles. The van der Waals surface area contributed by atoms with E-state index in [2.05, 4.69) is 37.7 Å². The van der Waals surface area contributed by atoms with Crippen molar-refractivity contribution in [1.82, 2.24) is 4.98 Å². The summed E-state index contributed by atoms with van der Waals surface area (Å²) in [6, 6.07) is 3.86. The summed E-state index contributed by atoms with van der Waals surface area (Å²) in [4.78, 5) is 4.01. The first-order valence-electron chi connectivity index (χ1n) is 4.32. The molecule has 0 amide bonds. The lowest BCUT2D eigenvalue weighted by Crippen LogP contribution is -1.98. The third-order valence-electron chi connectivity index (χ3n) is 1.87. The lowest BCUT2D eigenvalue weighted by Gasteiger charge is -2.05. The van der Waals surface area contributed by atoms with Crippen LogP contribution in [0, 0.1) is 0 Å². The highest BCUT2D eigenvalue weighted by molar-refractivity contribution is 9.11. The summed E-state index contributed by atoms with van der Waals surface area (Å²) in [5.74, 6) is 0. The molecule has 15 heavy (non-hydrogen) atoms. The Morgan fingerprint density at radius 3 is 3.07 bits per heavy atom. The van der Waals surface area contributed by atoms with Crippen LogP contribution in [-0.2, 0) is 6.54 Å². The predicted octanol–water partition coefficient (Wildman–Crippen LogP) is 4.17. The van der Waals surface area contributed by atoms with Gasteiger partial charge in [-0.2, -0.15) is 0 Å². The molecule has 78 valence electrons. The Bertz CT molecular complexity index is 458. The third-order valence-corrected chi connectivity index (χ3v) is 3.76. The van der Waals surface area contributed by atoms with Gasteiger partial charge in [-0.15, -0.1) is 11.3 Å². The van der Waals surface area contributed by atoms with E-state index in [9.17, 15) is 0 Å². The van der Waals surface area contributed by atoms with Crippen LogP contribution in [0.15, 0.2) is 33.7 Å². The second-order valence-corrected chi connectivity index (χ2v) is 5.67. The maximum absolute atomic E-state index is 5.99. The van der Waals surface area contributed by atoms with Gasteiger partial charge in [0.05, 0.1) is 20.7 Å². The summed E-state index contributed by atoms with van der Waals surface area (Å²) in [7, 11) is 0. The molecule has 2 rings (SSSR count). The number of pyridine rings is 1. The van der Waals surface area contributed by atoms with E-state index in [-0.39, 0.29) is 0 Å². The highest BCUT2D eigenvalue weighted by Crippen LogP contribution is 2.23. The Labute approximate surface area is 105 Å². The van der Waals surface area contributed by atoms with Gasteiger partial charge in [0.15, 0.2) is 0 Å². The van der Waals surface area contributed by atoms with Gasteiger partial charge in [0.25, 0.3) is 0 Å². The topological polar surface area (TPSA) is 24.9 Å². The standard InChI is InChI=1S/C10H8BrClN2S/c11-10-3-7(6-15-10)4-14-9-5-13-2-1-8(9)12/h1-3,5-6,14H,4H2. The van der Waals surface area contributed by atoms with E-state index in [4.69, 9.17) is 11.6 Å². The van der Waals surface area contributed by atoms with E-state index >= 15 is 0 Å². The minimum absolute atomic E-state index is 0.694. The van der Waals surface area contributed by atoms with Gasteiger partial charge in [-0.3, -0.25) is 4.98 Å². The van der Waals surface area contributed by atoms with Crippen molar-refractivity contribution in [2.24, 2.45) is 0 Å². The maximum atomic E-state index is 5.99. The number of rotatable bonds is 3. The number of aromatic nitrogens is 1. The van der Waals surface area contributed by atoms with Gasteiger partial charge in [-0.25, -0.2) is 0 Å². The van der Waals surface area contributed by atoms with E-state index in [1.54, 1.807) is 29.8 Å². The molecule has 0 aliphatic carbocycles. The zero-order valence-electron chi connectivity index (χ0n) is 7.71. The molecule has 2 nitrogen and oxygen atoms in total. The summed E-state index contributed by atoms with van der Waals surface area (Å²) in [5, 5.41) is 6.03. The van der Waals surface area contributed by atoms with E-state index < -0.39 is 0 Å². The highest BCUT2D eigenvalue weighted by atomic mass is 79.9. The second kappa shape index (κ2) is 4.96. The summed E-state index contributed by atoms with van der Waals surface area (Å²) >= 11 is 11.1. The van der Waals surface area contributed by atoms with Gasteiger partial charge in [-0.1, -0.05) is 11.6 Å². The van der Waals surface area contributed by atoms with Crippen LogP contribution in [0.3, 0.4) is 0 Å². The van der Waals surface area contributed by atoms with Gasteiger partial charge in [0.2, 0.25) is 0 Å². The predicted molar refractivity (Wildman–Crippen MR) is 68.6 cm³/mol. The van der Waals surface area contributed by atoms with E-state index in [0.717, 1.165) is 16.0 Å². The number of thiophene rings is 1. The molecule has 0 atom stereocenters. The molecule has 0 radical (unpaired) electrons. The van der Waals surface area contributed by atoms with Gasteiger partial charge >= 0.3 is 0 Å². The highest BCUT2D eigenvalue weighted by Gasteiger charge is 2.00. The number of hydrogen-bond acceptors (Lipinski definition) is 3. The Kier molecular flexibility index (Phi) is 3.61. The van der Waals surface area contributed by atoms with Crippen LogP contribution in [-0.4, -0.2) is 4.98 Å². The molecule has 2 aromatic heterocycles. The Hall–Kier alpha value is -0.580. The van der Waals surface area contributed by atoms with Crippen LogP contribution in [0.5, 0.6) is 0 Å². The van der Waals surface area contributed by atoms with Crippen molar-refractivity contribution in [1.29, 1.82) is 0 Å². The first-order valence-corrected chi connectivity index (χ1v) is 6.37. The molecular weight excluding hydrogens is 296 g/mol. The van der Waals surface area contributed by atoms with Crippen molar-refractivity contribution in [3.63, 3.8) is 0 Å². The van der Waals surface area contributed by atoms with Crippen LogP contribution in [0.25, 0.3) is 0 Å². The number of nitrogens with one attached hydrogen (secondary N) is 1. The van der Waals surface area contributed by atoms with Crippen molar-refractivity contribution in [3.8, 4) is 0 Å². The fourth-order valence-corrected chi connectivity index (χ4v) is 2.52. The second-order valence-electron chi connectivity index (χ2n) is 2.97. The van der Waals surface area contributed by atoms with Crippen LogP contribution in [0.1, 0.15) is 5.56 Å². The zero-order chi connectivity index (χ0) is 10.7. The molecule has 0 bridgehead atoms. The normalized spacial score (nSPS) is 10.3. The number of halogens is 2. The first-order chi connectivity index (χ1) is 7.25. The summed E-state index contributed by atoms with van der Waals surface area (Å²) in [5.41, 5.74) is 2.09. The Morgan fingerprint density at radius 1 is 1.53 bits per heavy atom. The third kappa shape index (κ3) is 2.93. The molecule has 0 saturated heterocycles. The van der Waals surface area contributed by atoms with Crippen molar-refractivity contribution in [3.05, 3.63) is 44.3 Å². The quantitative estimate of drug-likeness (QED) is 0.920. The molecule has 0 unspecified atom stereocenters. The van der Waals surface area contributed by atoms with Crippen molar-refractivity contribution in [2.45, 2.75) is 6.54 Å². The summed E-state index contributed by atoms with van der Waals surface area (Å²) < 4.78 is 1.14. The van der Waals surface area contributed by atoms with Crippen molar-refractivity contribution in [2.75, 3.05) is 5.32 Å². The van der Waals surface area contributed by atoms with Crippen molar-refractivity contribution >= 4 is 44.6 Å². The summed E-state index contributed by atoms with van der Waals surface area (Å²) in [6.45, 7) is 0.757. The van der Waals surface area contributed by atoms with Crippen molar-refractivity contribution < 1.29 is 0 Å². The molecule has 5 heteroatoms. The Morgan fingerprint density at radius 2 is 2.40 bits per heavy atom. The number of nitrogens with zero attached hydrogens (tertiary/aromatic N) is 1. The fourth-order valence-electron chi connectivity index (χ4n) is 1.14. The number of anilines is 1. The van der Waals surface area contributed by atoms with Crippen LogP contribution < -0.4 is 5.32 Å². The van der Waals surface area contributed by atoms with Crippen LogP contribution >= 0.6 is 38.9 Å². The van der Waals surface area contributed by atoms with E-state index in [0.29, 0.717) is 5.02 Å².